The van der Waals surface area contributed by atoms with E-state index in [2.05, 4.69) is 5.32 Å². The van der Waals surface area contributed by atoms with Gasteiger partial charge >= 0.3 is 0 Å². The maximum atomic E-state index is 12.2. The fourth-order valence-corrected chi connectivity index (χ4v) is 2.85. The number of rotatable bonds is 6. The Morgan fingerprint density at radius 3 is 2.61 bits per heavy atom. The molecule has 3 rings (SSSR count). The fraction of sp³-hybridized carbons (Fsp3) is 0.350. The van der Waals surface area contributed by atoms with Crippen molar-refractivity contribution >= 4 is 11.8 Å². The lowest BCUT2D eigenvalue weighted by Crippen LogP contribution is -2.58. The third-order valence-electron chi connectivity index (χ3n) is 4.71. The molecule has 0 saturated carbocycles. The second kappa shape index (κ2) is 8.16. The van der Waals surface area contributed by atoms with Crippen LogP contribution in [0.2, 0.25) is 0 Å². The average Bonchev–Trinajstić information content (AvgIpc) is 2.66. The zero-order valence-electron chi connectivity index (χ0n) is 16.1. The van der Waals surface area contributed by atoms with Gasteiger partial charge in [-0.15, -0.1) is 0 Å². The Balaban J connectivity index is 1.46. The van der Waals surface area contributed by atoms with Crippen LogP contribution in [0.5, 0.6) is 11.5 Å². The quantitative estimate of drug-likeness (QED) is 0.792. The van der Waals surface area contributed by atoms with Crippen molar-refractivity contribution in [1.29, 1.82) is 0 Å². The number of aromatic nitrogens is 1. The first kappa shape index (κ1) is 19.5. The molecule has 0 unspecified atom stereocenters. The van der Waals surface area contributed by atoms with Gasteiger partial charge in [-0.2, -0.15) is 0 Å². The van der Waals surface area contributed by atoms with E-state index in [0.717, 1.165) is 5.69 Å². The van der Waals surface area contributed by atoms with Crippen molar-refractivity contribution in [2.24, 2.45) is 7.05 Å². The number of nitrogens with one attached hydrogen (secondary N) is 1. The predicted octanol–water partition coefficient (Wildman–Crippen LogP) is 0.722. The number of carbonyl (C=O) groups excluding carboxylic acids is 2. The molecule has 8 heteroatoms. The van der Waals surface area contributed by atoms with Crippen molar-refractivity contribution in [3.63, 3.8) is 0 Å². The van der Waals surface area contributed by atoms with E-state index in [1.807, 2.05) is 6.92 Å². The molecule has 1 N–H and O–H groups in total. The standard InChI is InChI=1S/C20H23N3O5/c1-13-7-16(9-18(24)22(13)2)28-17-11-23(12-17)19(25)10-21-20(26)14-5-4-6-15(8-14)27-3/h4-9,17H,10-12H2,1-3H3,(H,21,26). The van der Waals surface area contributed by atoms with Crippen molar-refractivity contribution in [2.75, 3.05) is 26.7 Å². The molecule has 0 spiro atoms. The summed E-state index contributed by atoms with van der Waals surface area (Å²) in [5.74, 6) is 0.559. The molecule has 0 atom stereocenters. The molecule has 0 aliphatic carbocycles. The number of ether oxygens (including phenoxy) is 2. The van der Waals surface area contributed by atoms with Gasteiger partial charge in [0.05, 0.1) is 26.7 Å². The van der Waals surface area contributed by atoms with E-state index in [4.69, 9.17) is 9.47 Å². The van der Waals surface area contributed by atoms with Gasteiger partial charge in [0, 0.05) is 24.4 Å². The van der Waals surface area contributed by atoms with Crippen molar-refractivity contribution in [3.8, 4) is 11.5 Å². The highest BCUT2D eigenvalue weighted by Crippen LogP contribution is 2.18. The highest BCUT2D eigenvalue weighted by atomic mass is 16.5. The number of benzene rings is 1. The van der Waals surface area contributed by atoms with Crippen LogP contribution < -0.4 is 20.3 Å². The number of hydrogen-bond donors (Lipinski definition) is 1. The zero-order chi connectivity index (χ0) is 20.3. The van der Waals surface area contributed by atoms with Gasteiger partial charge < -0.3 is 24.3 Å². The van der Waals surface area contributed by atoms with Gasteiger partial charge in [-0.05, 0) is 31.2 Å². The summed E-state index contributed by atoms with van der Waals surface area (Å²) < 4.78 is 12.4. The fourth-order valence-electron chi connectivity index (χ4n) is 2.85. The molecule has 1 saturated heterocycles. The smallest absolute Gasteiger partial charge is 0.254 e. The largest absolute Gasteiger partial charge is 0.497 e. The summed E-state index contributed by atoms with van der Waals surface area (Å²) in [6, 6.07) is 9.95. The molecule has 1 aliphatic rings. The van der Waals surface area contributed by atoms with Crippen LogP contribution in [0.1, 0.15) is 16.1 Å². The van der Waals surface area contributed by atoms with Crippen LogP contribution in [0.25, 0.3) is 0 Å². The normalized spacial score (nSPS) is 13.6. The molecule has 0 bridgehead atoms. The molecule has 2 heterocycles. The van der Waals surface area contributed by atoms with Gasteiger partial charge in [0.25, 0.3) is 11.5 Å². The van der Waals surface area contributed by atoms with Gasteiger partial charge in [0.15, 0.2) is 0 Å². The average molecular weight is 385 g/mol. The summed E-state index contributed by atoms with van der Waals surface area (Å²) in [7, 11) is 3.22. The number of likely N-dealkylation sites (tertiary alicyclic amines) is 1. The lowest BCUT2D eigenvalue weighted by Gasteiger charge is -2.39. The lowest BCUT2D eigenvalue weighted by molar-refractivity contribution is -0.138. The van der Waals surface area contributed by atoms with Crippen LogP contribution in [0.3, 0.4) is 0 Å². The topological polar surface area (TPSA) is 89.9 Å². The monoisotopic (exact) mass is 385 g/mol. The summed E-state index contributed by atoms with van der Waals surface area (Å²) in [4.78, 5) is 37.8. The Hall–Kier alpha value is -3.29. The molecular weight excluding hydrogens is 362 g/mol. The highest BCUT2D eigenvalue weighted by Gasteiger charge is 2.32. The minimum atomic E-state index is -0.337. The van der Waals surface area contributed by atoms with E-state index in [1.165, 1.54) is 17.7 Å². The summed E-state index contributed by atoms with van der Waals surface area (Å²) in [5, 5.41) is 2.61. The summed E-state index contributed by atoms with van der Waals surface area (Å²) >= 11 is 0. The first-order valence-corrected chi connectivity index (χ1v) is 8.91. The van der Waals surface area contributed by atoms with E-state index in [-0.39, 0.29) is 30.0 Å². The Labute approximate surface area is 162 Å². The van der Waals surface area contributed by atoms with Crippen LogP contribution in [0.4, 0.5) is 0 Å². The molecule has 1 aromatic heterocycles. The molecule has 0 radical (unpaired) electrons. The van der Waals surface area contributed by atoms with E-state index in [9.17, 15) is 14.4 Å². The van der Waals surface area contributed by atoms with Gasteiger partial charge in [-0.3, -0.25) is 14.4 Å². The summed E-state index contributed by atoms with van der Waals surface area (Å²) in [5.41, 5.74) is 1.09. The SMILES string of the molecule is COc1cccc(C(=O)NCC(=O)N2CC(Oc3cc(C)n(C)c(=O)c3)C2)c1. The number of methoxy groups -OCH3 is 1. The second-order valence-electron chi connectivity index (χ2n) is 6.68. The van der Waals surface area contributed by atoms with Crippen LogP contribution in [0.15, 0.2) is 41.2 Å². The molecule has 1 fully saturated rings. The first-order valence-electron chi connectivity index (χ1n) is 8.91. The summed E-state index contributed by atoms with van der Waals surface area (Å²) in [6.45, 7) is 2.58. The van der Waals surface area contributed by atoms with Crippen molar-refractivity contribution in [3.05, 3.63) is 58.0 Å². The Bertz CT molecular complexity index is 947. The second-order valence-corrected chi connectivity index (χ2v) is 6.68. The number of carbonyl (C=O) groups is 2. The van der Waals surface area contributed by atoms with E-state index in [1.54, 1.807) is 42.3 Å². The molecule has 8 nitrogen and oxygen atoms in total. The molecule has 28 heavy (non-hydrogen) atoms. The number of aryl methyl sites for hydroxylation is 1. The number of pyridine rings is 1. The molecule has 2 aromatic rings. The lowest BCUT2D eigenvalue weighted by atomic mass is 10.1. The third-order valence-corrected chi connectivity index (χ3v) is 4.71. The molecular formula is C20H23N3O5. The Kier molecular flexibility index (Phi) is 5.67. The van der Waals surface area contributed by atoms with Gasteiger partial charge in [0.1, 0.15) is 17.6 Å². The van der Waals surface area contributed by atoms with Crippen LogP contribution in [0, 0.1) is 6.92 Å². The van der Waals surface area contributed by atoms with Crippen molar-refractivity contribution in [2.45, 2.75) is 13.0 Å². The van der Waals surface area contributed by atoms with Crippen LogP contribution >= 0.6 is 0 Å². The van der Waals surface area contributed by atoms with Crippen LogP contribution in [-0.4, -0.2) is 54.1 Å². The zero-order valence-corrected chi connectivity index (χ0v) is 16.1. The predicted molar refractivity (Wildman–Crippen MR) is 103 cm³/mol. The molecule has 1 aromatic carbocycles. The number of hydrogen-bond acceptors (Lipinski definition) is 5. The Morgan fingerprint density at radius 1 is 1.18 bits per heavy atom. The molecule has 1 aliphatic heterocycles. The van der Waals surface area contributed by atoms with Gasteiger partial charge in [-0.25, -0.2) is 0 Å². The van der Waals surface area contributed by atoms with Crippen molar-refractivity contribution < 1.29 is 19.1 Å². The number of nitrogens with zero attached hydrogens (tertiary/aromatic N) is 2. The van der Waals surface area contributed by atoms with Gasteiger partial charge in [0.2, 0.25) is 5.91 Å². The number of amides is 2. The van der Waals surface area contributed by atoms with Crippen LogP contribution in [-0.2, 0) is 11.8 Å². The molecule has 148 valence electrons. The van der Waals surface area contributed by atoms with E-state index < -0.39 is 0 Å². The Morgan fingerprint density at radius 2 is 1.93 bits per heavy atom. The van der Waals surface area contributed by atoms with Crippen molar-refractivity contribution in [1.82, 2.24) is 14.8 Å². The van der Waals surface area contributed by atoms with E-state index in [0.29, 0.717) is 30.2 Å². The minimum absolute atomic E-state index is 0.0895. The van der Waals surface area contributed by atoms with Gasteiger partial charge in [-0.1, -0.05) is 6.07 Å². The van der Waals surface area contributed by atoms with E-state index >= 15 is 0 Å². The molecule has 2 amide bonds. The maximum absolute atomic E-state index is 12.2. The summed E-state index contributed by atoms with van der Waals surface area (Å²) in [6.07, 6.45) is -0.162. The third kappa shape index (κ3) is 4.33. The first-order chi connectivity index (χ1) is 13.4. The highest BCUT2D eigenvalue weighted by molar-refractivity contribution is 5.96. The minimum Gasteiger partial charge on any atom is -0.497 e. The maximum Gasteiger partial charge on any atom is 0.254 e.